The van der Waals surface area contributed by atoms with Gasteiger partial charge in [-0.15, -0.1) is 0 Å². The van der Waals surface area contributed by atoms with Crippen LogP contribution >= 0.6 is 0 Å². The summed E-state index contributed by atoms with van der Waals surface area (Å²) in [7, 11) is 0. The molecule has 12 heavy (non-hydrogen) atoms. The molecule has 0 amide bonds. The first kappa shape index (κ1) is 9.20. The molecule has 1 N–H and O–H groups in total. The summed E-state index contributed by atoms with van der Waals surface area (Å²) in [6.07, 6.45) is 1.91. The Balaban J connectivity index is 2.68. The van der Waals surface area contributed by atoms with Gasteiger partial charge in [-0.2, -0.15) is 0 Å². The van der Waals surface area contributed by atoms with Gasteiger partial charge < -0.3 is 5.32 Å². The molecule has 1 rings (SSSR count). The van der Waals surface area contributed by atoms with Gasteiger partial charge in [0.2, 0.25) is 0 Å². The van der Waals surface area contributed by atoms with Gasteiger partial charge in [-0.3, -0.25) is 4.98 Å². The lowest BCUT2D eigenvalue weighted by Crippen LogP contribution is -2.18. The minimum atomic E-state index is 0.357. The van der Waals surface area contributed by atoms with Crippen LogP contribution in [0, 0.1) is 6.92 Å². The van der Waals surface area contributed by atoms with Crippen LogP contribution in [0.5, 0.6) is 0 Å². The summed E-state index contributed by atoms with van der Waals surface area (Å²) in [6.45, 7) is 7.26. The normalized spacial score (nSPS) is 12.9. The minimum absolute atomic E-state index is 0.357. The lowest BCUT2D eigenvalue weighted by Gasteiger charge is -2.10. The van der Waals surface area contributed by atoms with E-state index in [0.717, 1.165) is 12.2 Å². The van der Waals surface area contributed by atoms with E-state index in [2.05, 4.69) is 43.2 Å². The van der Waals surface area contributed by atoms with Crippen LogP contribution in [0.25, 0.3) is 0 Å². The topological polar surface area (TPSA) is 24.9 Å². The van der Waals surface area contributed by atoms with Gasteiger partial charge in [-0.1, -0.05) is 13.0 Å². The van der Waals surface area contributed by atoms with Crippen LogP contribution in [0.4, 0.5) is 0 Å². The molecule has 0 fully saturated rings. The fourth-order valence-electron chi connectivity index (χ4n) is 1.15. The predicted molar refractivity (Wildman–Crippen MR) is 51.1 cm³/mol. The molecule has 0 spiro atoms. The van der Waals surface area contributed by atoms with E-state index in [0.29, 0.717) is 6.04 Å². The van der Waals surface area contributed by atoms with Gasteiger partial charge in [0.15, 0.2) is 0 Å². The molecule has 2 heteroatoms. The number of nitrogens with zero attached hydrogens (tertiary/aromatic N) is 1. The first-order valence-corrected chi connectivity index (χ1v) is 4.40. The first-order valence-electron chi connectivity index (χ1n) is 4.40. The Kier molecular flexibility index (Phi) is 3.23. The molecule has 0 aromatic carbocycles. The summed E-state index contributed by atoms with van der Waals surface area (Å²) < 4.78 is 0. The average molecular weight is 164 g/mol. The lowest BCUT2D eigenvalue weighted by molar-refractivity contribution is 0.583. The summed E-state index contributed by atoms with van der Waals surface area (Å²) in [4.78, 5) is 4.33. The van der Waals surface area contributed by atoms with Crippen molar-refractivity contribution in [2.75, 3.05) is 6.54 Å². The van der Waals surface area contributed by atoms with E-state index in [-0.39, 0.29) is 0 Å². The number of pyridine rings is 1. The number of rotatable bonds is 3. The quantitative estimate of drug-likeness (QED) is 0.739. The molecule has 0 saturated heterocycles. The summed E-state index contributed by atoms with van der Waals surface area (Å²) in [5, 5.41) is 3.32. The maximum atomic E-state index is 4.33. The SMILES string of the molecule is CCNC(C)c1ccc(C)cn1. The third kappa shape index (κ3) is 2.31. The van der Waals surface area contributed by atoms with Crippen LogP contribution in [-0.4, -0.2) is 11.5 Å². The fraction of sp³-hybridized carbons (Fsp3) is 0.500. The number of nitrogens with one attached hydrogen (secondary N) is 1. The molecule has 1 aromatic heterocycles. The van der Waals surface area contributed by atoms with Gasteiger partial charge in [0.05, 0.1) is 5.69 Å². The van der Waals surface area contributed by atoms with E-state index in [4.69, 9.17) is 0 Å². The van der Waals surface area contributed by atoms with Gasteiger partial charge in [0, 0.05) is 12.2 Å². The van der Waals surface area contributed by atoms with Crippen LogP contribution < -0.4 is 5.32 Å². The van der Waals surface area contributed by atoms with E-state index in [1.165, 1.54) is 5.56 Å². The Bertz CT molecular complexity index is 228. The molecule has 0 aliphatic heterocycles. The van der Waals surface area contributed by atoms with Crippen molar-refractivity contribution in [1.82, 2.24) is 10.3 Å². The van der Waals surface area contributed by atoms with Crippen molar-refractivity contribution in [3.63, 3.8) is 0 Å². The highest BCUT2D eigenvalue weighted by Gasteiger charge is 2.02. The van der Waals surface area contributed by atoms with Crippen molar-refractivity contribution < 1.29 is 0 Å². The monoisotopic (exact) mass is 164 g/mol. The number of aromatic nitrogens is 1. The predicted octanol–water partition coefficient (Wildman–Crippen LogP) is 2.06. The smallest absolute Gasteiger partial charge is 0.0570 e. The maximum Gasteiger partial charge on any atom is 0.0570 e. The molecule has 0 bridgehead atoms. The number of hydrogen-bond donors (Lipinski definition) is 1. The standard InChI is InChI=1S/C10H16N2/c1-4-11-9(3)10-6-5-8(2)7-12-10/h5-7,9,11H,4H2,1-3H3. The van der Waals surface area contributed by atoms with E-state index < -0.39 is 0 Å². The van der Waals surface area contributed by atoms with Crippen LogP contribution in [-0.2, 0) is 0 Å². The van der Waals surface area contributed by atoms with Crippen LogP contribution in [0.3, 0.4) is 0 Å². The van der Waals surface area contributed by atoms with Crippen LogP contribution in [0.2, 0.25) is 0 Å². The third-order valence-electron chi connectivity index (χ3n) is 1.89. The zero-order valence-electron chi connectivity index (χ0n) is 7.96. The van der Waals surface area contributed by atoms with Crippen molar-refractivity contribution >= 4 is 0 Å². The van der Waals surface area contributed by atoms with Gasteiger partial charge >= 0.3 is 0 Å². The molecule has 1 heterocycles. The Hall–Kier alpha value is -0.890. The highest BCUT2D eigenvalue weighted by molar-refractivity contribution is 5.14. The number of hydrogen-bond acceptors (Lipinski definition) is 2. The largest absolute Gasteiger partial charge is 0.309 e. The van der Waals surface area contributed by atoms with Crippen molar-refractivity contribution in [2.24, 2.45) is 0 Å². The van der Waals surface area contributed by atoms with Crippen LogP contribution in [0.15, 0.2) is 18.3 Å². The van der Waals surface area contributed by atoms with Gasteiger partial charge in [-0.05, 0) is 32.0 Å². The molecule has 1 aromatic rings. The first-order chi connectivity index (χ1) is 5.74. The Morgan fingerprint density at radius 2 is 2.25 bits per heavy atom. The molecule has 1 atom stereocenters. The van der Waals surface area contributed by atoms with Gasteiger partial charge in [0.25, 0.3) is 0 Å². The molecule has 1 unspecified atom stereocenters. The molecular formula is C10H16N2. The van der Waals surface area contributed by atoms with Crippen LogP contribution in [0.1, 0.15) is 31.1 Å². The molecule has 0 aliphatic carbocycles. The fourth-order valence-corrected chi connectivity index (χ4v) is 1.15. The zero-order chi connectivity index (χ0) is 8.97. The van der Waals surface area contributed by atoms with E-state index in [9.17, 15) is 0 Å². The Labute approximate surface area is 74.0 Å². The highest BCUT2D eigenvalue weighted by Crippen LogP contribution is 2.08. The van der Waals surface area contributed by atoms with Gasteiger partial charge in [-0.25, -0.2) is 0 Å². The average Bonchev–Trinajstić information content (AvgIpc) is 2.06. The van der Waals surface area contributed by atoms with E-state index in [1.807, 2.05) is 6.20 Å². The third-order valence-corrected chi connectivity index (χ3v) is 1.89. The Morgan fingerprint density at radius 1 is 1.50 bits per heavy atom. The second-order valence-corrected chi connectivity index (χ2v) is 3.04. The second-order valence-electron chi connectivity index (χ2n) is 3.04. The molecule has 0 radical (unpaired) electrons. The zero-order valence-corrected chi connectivity index (χ0v) is 7.96. The van der Waals surface area contributed by atoms with Gasteiger partial charge in [0.1, 0.15) is 0 Å². The summed E-state index contributed by atoms with van der Waals surface area (Å²) in [6, 6.07) is 4.52. The summed E-state index contributed by atoms with van der Waals surface area (Å²) >= 11 is 0. The maximum absolute atomic E-state index is 4.33. The molecule has 0 saturated carbocycles. The number of aryl methyl sites for hydroxylation is 1. The Morgan fingerprint density at radius 3 is 2.75 bits per heavy atom. The second kappa shape index (κ2) is 4.21. The molecule has 2 nitrogen and oxygen atoms in total. The summed E-state index contributed by atoms with van der Waals surface area (Å²) in [5.41, 5.74) is 2.32. The molecular weight excluding hydrogens is 148 g/mol. The lowest BCUT2D eigenvalue weighted by atomic mass is 10.2. The van der Waals surface area contributed by atoms with Crippen molar-refractivity contribution in [2.45, 2.75) is 26.8 Å². The minimum Gasteiger partial charge on any atom is -0.309 e. The molecule has 0 aliphatic rings. The van der Waals surface area contributed by atoms with E-state index >= 15 is 0 Å². The molecule has 66 valence electrons. The highest BCUT2D eigenvalue weighted by atomic mass is 14.9. The van der Waals surface area contributed by atoms with Crippen molar-refractivity contribution in [3.8, 4) is 0 Å². The summed E-state index contributed by atoms with van der Waals surface area (Å²) in [5.74, 6) is 0. The van der Waals surface area contributed by atoms with Crippen molar-refractivity contribution in [1.29, 1.82) is 0 Å². The van der Waals surface area contributed by atoms with E-state index in [1.54, 1.807) is 0 Å². The van der Waals surface area contributed by atoms with Crippen molar-refractivity contribution in [3.05, 3.63) is 29.6 Å².